The molecule has 0 unspecified atom stereocenters. The molecule has 0 bridgehead atoms. The van der Waals surface area contributed by atoms with Gasteiger partial charge in [0.1, 0.15) is 10.8 Å². The highest BCUT2D eigenvalue weighted by atomic mass is 32.1. The first-order valence-electron chi connectivity index (χ1n) is 5.89. The average Bonchev–Trinajstić information content (AvgIpc) is 2.93. The van der Waals surface area contributed by atoms with E-state index in [2.05, 4.69) is 22.4 Å². The van der Waals surface area contributed by atoms with E-state index in [4.69, 9.17) is 4.42 Å². The van der Waals surface area contributed by atoms with Crippen molar-refractivity contribution >= 4 is 11.3 Å². The summed E-state index contributed by atoms with van der Waals surface area (Å²) in [6.07, 6.45) is 3.78. The SMILES string of the molecule is CCNCCCc1nnc(-c2ccoc2C)s1. The Hall–Kier alpha value is -1.20. The predicted octanol–water partition coefficient (Wildman–Crippen LogP) is 2.65. The van der Waals surface area contributed by atoms with E-state index in [0.717, 1.165) is 47.3 Å². The van der Waals surface area contributed by atoms with Crippen molar-refractivity contribution in [2.24, 2.45) is 0 Å². The molecule has 0 saturated carbocycles. The standard InChI is InChI=1S/C12H17N3OS/c1-3-13-7-4-5-11-14-15-12(17-11)10-6-8-16-9(10)2/h6,8,13H,3-5,7H2,1-2H3. The molecule has 0 saturated heterocycles. The average molecular weight is 251 g/mol. The van der Waals surface area contributed by atoms with Crippen LogP contribution in [0.1, 0.15) is 24.1 Å². The largest absolute Gasteiger partial charge is 0.469 e. The van der Waals surface area contributed by atoms with Crippen molar-refractivity contribution < 1.29 is 4.42 Å². The summed E-state index contributed by atoms with van der Waals surface area (Å²) >= 11 is 1.65. The Kier molecular flexibility index (Phi) is 4.28. The first-order valence-corrected chi connectivity index (χ1v) is 6.70. The van der Waals surface area contributed by atoms with Crippen LogP contribution in [0.5, 0.6) is 0 Å². The van der Waals surface area contributed by atoms with Crippen molar-refractivity contribution in [2.45, 2.75) is 26.7 Å². The lowest BCUT2D eigenvalue weighted by atomic mass is 10.3. The van der Waals surface area contributed by atoms with Gasteiger partial charge in [0, 0.05) is 6.42 Å². The van der Waals surface area contributed by atoms with E-state index < -0.39 is 0 Å². The van der Waals surface area contributed by atoms with Gasteiger partial charge in [-0.25, -0.2) is 0 Å². The fraction of sp³-hybridized carbons (Fsp3) is 0.500. The maximum atomic E-state index is 5.27. The fourth-order valence-electron chi connectivity index (χ4n) is 1.61. The smallest absolute Gasteiger partial charge is 0.151 e. The van der Waals surface area contributed by atoms with Gasteiger partial charge in [-0.2, -0.15) is 0 Å². The third-order valence-corrected chi connectivity index (χ3v) is 3.57. The number of hydrogen-bond donors (Lipinski definition) is 1. The molecule has 92 valence electrons. The second-order valence-electron chi connectivity index (χ2n) is 3.85. The molecule has 0 aliphatic rings. The highest BCUT2D eigenvalue weighted by molar-refractivity contribution is 7.14. The van der Waals surface area contributed by atoms with Crippen molar-refractivity contribution in [3.05, 3.63) is 23.1 Å². The lowest BCUT2D eigenvalue weighted by Gasteiger charge is -1.97. The lowest BCUT2D eigenvalue weighted by Crippen LogP contribution is -2.14. The summed E-state index contributed by atoms with van der Waals surface area (Å²) in [6, 6.07) is 1.94. The van der Waals surface area contributed by atoms with Gasteiger partial charge < -0.3 is 9.73 Å². The van der Waals surface area contributed by atoms with Crippen LogP contribution in [0.3, 0.4) is 0 Å². The molecule has 2 aromatic rings. The second-order valence-corrected chi connectivity index (χ2v) is 4.91. The summed E-state index contributed by atoms with van der Waals surface area (Å²) in [5, 5.41) is 13.8. The van der Waals surface area contributed by atoms with Crippen LogP contribution < -0.4 is 5.32 Å². The van der Waals surface area contributed by atoms with Crippen LogP contribution in [0.4, 0.5) is 0 Å². The maximum absolute atomic E-state index is 5.27. The van der Waals surface area contributed by atoms with E-state index in [1.807, 2.05) is 13.0 Å². The van der Waals surface area contributed by atoms with Gasteiger partial charge in [-0.05, 0) is 32.5 Å². The Morgan fingerprint density at radius 1 is 1.41 bits per heavy atom. The van der Waals surface area contributed by atoms with Crippen molar-refractivity contribution in [3.8, 4) is 10.6 Å². The van der Waals surface area contributed by atoms with Gasteiger partial charge in [0.2, 0.25) is 0 Å². The number of hydrogen-bond acceptors (Lipinski definition) is 5. The van der Waals surface area contributed by atoms with Gasteiger partial charge in [0.15, 0.2) is 5.01 Å². The van der Waals surface area contributed by atoms with Crippen LogP contribution in [0.25, 0.3) is 10.6 Å². The molecular weight excluding hydrogens is 234 g/mol. The number of nitrogens with one attached hydrogen (secondary N) is 1. The van der Waals surface area contributed by atoms with Gasteiger partial charge in [0.05, 0.1) is 11.8 Å². The highest BCUT2D eigenvalue weighted by Gasteiger charge is 2.10. The summed E-state index contributed by atoms with van der Waals surface area (Å²) in [5.41, 5.74) is 1.06. The van der Waals surface area contributed by atoms with Gasteiger partial charge in [-0.1, -0.05) is 18.3 Å². The third-order valence-electron chi connectivity index (χ3n) is 2.55. The molecule has 0 amide bonds. The number of rotatable bonds is 6. The van der Waals surface area contributed by atoms with Crippen molar-refractivity contribution in [1.29, 1.82) is 0 Å². The summed E-state index contributed by atoms with van der Waals surface area (Å²) in [7, 11) is 0. The number of furan rings is 1. The molecule has 1 N–H and O–H groups in total. The molecule has 0 aliphatic carbocycles. The minimum Gasteiger partial charge on any atom is -0.469 e. The van der Waals surface area contributed by atoms with Crippen LogP contribution in [-0.2, 0) is 6.42 Å². The minimum atomic E-state index is 0.903. The molecular formula is C12H17N3OS. The van der Waals surface area contributed by atoms with Gasteiger partial charge >= 0.3 is 0 Å². The molecule has 0 radical (unpaired) electrons. The van der Waals surface area contributed by atoms with E-state index in [-0.39, 0.29) is 0 Å². The van der Waals surface area contributed by atoms with Gasteiger partial charge in [0.25, 0.3) is 0 Å². The van der Waals surface area contributed by atoms with E-state index in [0.29, 0.717) is 0 Å². The Morgan fingerprint density at radius 2 is 2.29 bits per heavy atom. The molecule has 2 heterocycles. The van der Waals surface area contributed by atoms with E-state index in [1.54, 1.807) is 17.6 Å². The third kappa shape index (κ3) is 3.14. The zero-order valence-electron chi connectivity index (χ0n) is 10.2. The normalized spacial score (nSPS) is 10.9. The Morgan fingerprint density at radius 3 is 3.00 bits per heavy atom. The van der Waals surface area contributed by atoms with Crippen molar-refractivity contribution in [3.63, 3.8) is 0 Å². The zero-order valence-corrected chi connectivity index (χ0v) is 11.0. The number of nitrogens with zero attached hydrogens (tertiary/aromatic N) is 2. The van der Waals surface area contributed by atoms with Crippen LogP contribution in [0.2, 0.25) is 0 Å². The van der Waals surface area contributed by atoms with Crippen LogP contribution >= 0.6 is 11.3 Å². The lowest BCUT2D eigenvalue weighted by molar-refractivity contribution is 0.535. The first-order chi connectivity index (χ1) is 8.31. The second kappa shape index (κ2) is 5.93. The minimum absolute atomic E-state index is 0.903. The van der Waals surface area contributed by atoms with Gasteiger partial charge in [-0.3, -0.25) is 0 Å². The first kappa shape index (κ1) is 12.3. The molecule has 2 rings (SSSR count). The van der Waals surface area contributed by atoms with E-state index in [9.17, 15) is 0 Å². The molecule has 4 nitrogen and oxygen atoms in total. The molecule has 0 spiro atoms. The zero-order chi connectivity index (χ0) is 12.1. The molecule has 0 atom stereocenters. The maximum Gasteiger partial charge on any atom is 0.151 e. The molecule has 0 fully saturated rings. The number of aryl methyl sites for hydroxylation is 2. The summed E-state index contributed by atoms with van der Waals surface area (Å²) in [5.74, 6) is 0.903. The molecule has 5 heteroatoms. The fourth-order valence-corrected chi connectivity index (χ4v) is 2.57. The Bertz CT molecular complexity index is 464. The number of aromatic nitrogens is 2. The van der Waals surface area contributed by atoms with Crippen molar-refractivity contribution in [1.82, 2.24) is 15.5 Å². The molecule has 0 aromatic carbocycles. The predicted molar refractivity (Wildman–Crippen MR) is 69.2 cm³/mol. The van der Waals surface area contributed by atoms with Gasteiger partial charge in [-0.15, -0.1) is 10.2 Å². The molecule has 2 aromatic heterocycles. The Labute approximate surface area is 105 Å². The van der Waals surface area contributed by atoms with E-state index >= 15 is 0 Å². The van der Waals surface area contributed by atoms with Crippen molar-refractivity contribution in [2.75, 3.05) is 13.1 Å². The molecule has 17 heavy (non-hydrogen) atoms. The van der Waals surface area contributed by atoms with Crippen LogP contribution in [-0.4, -0.2) is 23.3 Å². The summed E-state index contributed by atoms with van der Waals surface area (Å²) in [6.45, 7) is 6.12. The Balaban J connectivity index is 1.95. The quantitative estimate of drug-likeness (QED) is 0.802. The monoisotopic (exact) mass is 251 g/mol. The summed E-state index contributed by atoms with van der Waals surface area (Å²) in [4.78, 5) is 0. The topological polar surface area (TPSA) is 51.0 Å². The van der Waals surface area contributed by atoms with Crippen LogP contribution in [0, 0.1) is 6.92 Å². The highest BCUT2D eigenvalue weighted by Crippen LogP contribution is 2.27. The van der Waals surface area contributed by atoms with Crippen LogP contribution in [0.15, 0.2) is 16.7 Å². The molecule has 0 aliphatic heterocycles. The van der Waals surface area contributed by atoms with E-state index in [1.165, 1.54) is 0 Å². The summed E-state index contributed by atoms with van der Waals surface area (Å²) < 4.78 is 5.27.